The zero-order valence-corrected chi connectivity index (χ0v) is 21.5. The third-order valence-corrected chi connectivity index (χ3v) is 6.88. The van der Waals surface area contributed by atoms with Crippen molar-refractivity contribution in [3.63, 3.8) is 0 Å². The lowest BCUT2D eigenvalue weighted by Gasteiger charge is -2.40. The molecule has 1 aliphatic rings. The number of rotatable bonds is 11. The number of piperidine rings is 1. The molecule has 0 unspecified atom stereocenters. The lowest BCUT2D eigenvalue weighted by molar-refractivity contribution is -0.0839. The minimum Gasteiger partial charge on any atom is -0.493 e. The van der Waals surface area contributed by atoms with Gasteiger partial charge in [-0.3, -0.25) is 4.90 Å². The van der Waals surface area contributed by atoms with Crippen LogP contribution in [0, 0.1) is 6.92 Å². The number of nitrogens with zero attached hydrogens (tertiary/aromatic N) is 3. The van der Waals surface area contributed by atoms with Crippen molar-refractivity contribution in [3.05, 3.63) is 71.3 Å². The fourth-order valence-electron chi connectivity index (χ4n) is 4.38. The van der Waals surface area contributed by atoms with Crippen molar-refractivity contribution < 1.29 is 18.9 Å². The van der Waals surface area contributed by atoms with Crippen LogP contribution in [0.1, 0.15) is 24.2 Å². The predicted octanol–water partition coefficient (Wildman–Crippen LogP) is 4.99. The van der Waals surface area contributed by atoms with Gasteiger partial charge in [-0.05, 0) is 55.7 Å². The molecule has 7 nitrogen and oxygen atoms in total. The number of ether oxygens (including phenoxy) is 4. The molecule has 3 aromatic rings. The number of hydrogen-bond acceptors (Lipinski definition) is 6. The standard InChI is InChI=1S/C27H34ClN3O4/c1-21-29-11-14-31(21)15-16-34-25-8-7-22(17-26(25)32-2)19-30-12-9-27(33-3,10-13-30)20-35-24-6-4-5-23(28)18-24/h4-8,11,14,17-18H,9-10,12-13,15-16,19-20H2,1-3H3. The van der Waals surface area contributed by atoms with Crippen molar-refractivity contribution in [1.82, 2.24) is 14.5 Å². The van der Waals surface area contributed by atoms with E-state index < -0.39 is 0 Å². The van der Waals surface area contributed by atoms with Crippen molar-refractivity contribution in [2.45, 2.75) is 38.5 Å². The van der Waals surface area contributed by atoms with Gasteiger partial charge in [-0.25, -0.2) is 4.98 Å². The average Bonchev–Trinajstić information content (AvgIpc) is 3.29. The highest BCUT2D eigenvalue weighted by atomic mass is 35.5. The summed E-state index contributed by atoms with van der Waals surface area (Å²) >= 11 is 6.08. The van der Waals surface area contributed by atoms with Crippen molar-refractivity contribution in [2.24, 2.45) is 0 Å². The molecule has 0 radical (unpaired) electrons. The monoisotopic (exact) mass is 499 g/mol. The van der Waals surface area contributed by atoms with Crippen molar-refractivity contribution in [3.8, 4) is 17.2 Å². The third kappa shape index (κ3) is 6.69. The van der Waals surface area contributed by atoms with Gasteiger partial charge in [0.1, 0.15) is 30.4 Å². The number of aromatic nitrogens is 2. The largest absolute Gasteiger partial charge is 0.493 e. The summed E-state index contributed by atoms with van der Waals surface area (Å²) in [4.78, 5) is 6.68. The highest BCUT2D eigenvalue weighted by Crippen LogP contribution is 2.31. The Labute approximate surface area is 212 Å². The van der Waals surface area contributed by atoms with E-state index in [9.17, 15) is 0 Å². The number of likely N-dealkylation sites (tertiary alicyclic amines) is 1. The van der Waals surface area contributed by atoms with Crippen LogP contribution in [0.25, 0.3) is 0 Å². The summed E-state index contributed by atoms with van der Waals surface area (Å²) < 4.78 is 25.6. The lowest BCUT2D eigenvalue weighted by Crippen LogP contribution is -2.48. The number of benzene rings is 2. The topological polar surface area (TPSA) is 58.0 Å². The van der Waals surface area contributed by atoms with Crippen LogP contribution in [0.3, 0.4) is 0 Å². The number of aryl methyl sites for hydroxylation is 1. The quantitative estimate of drug-likeness (QED) is 0.370. The van der Waals surface area contributed by atoms with Gasteiger partial charge < -0.3 is 23.5 Å². The molecular weight excluding hydrogens is 466 g/mol. The lowest BCUT2D eigenvalue weighted by atomic mass is 9.91. The summed E-state index contributed by atoms with van der Waals surface area (Å²) in [6.07, 6.45) is 5.56. The van der Waals surface area contributed by atoms with E-state index in [0.29, 0.717) is 18.2 Å². The number of methoxy groups -OCH3 is 2. The second-order valence-corrected chi connectivity index (χ2v) is 9.35. The van der Waals surface area contributed by atoms with Gasteiger partial charge in [0.05, 0.1) is 13.7 Å². The second-order valence-electron chi connectivity index (χ2n) is 8.91. The molecule has 2 heterocycles. The summed E-state index contributed by atoms with van der Waals surface area (Å²) in [5.41, 5.74) is 0.904. The van der Waals surface area contributed by atoms with Gasteiger partial charge in [0.2, 0.25) is 0 Å². The minimum atomic E-state index is -0.290. The van der Waals surface area contributed by atoms with E-state index >= 15 is 0 Å². The van der Waals surface area contributed by atoms with Gasteiger partial charge in [-0.15, -0.1) is 0 Å². The Morgan fingerprint density at radius 3 is 2.54 bits per heavy atom. The molecule has 1 saturated heterocycles. The van der Waals surface area contributed by atoms with Gasteiger partial charge in [0, 0.05) is 44.2 Å². The maximum Gasteiger partial charge on any atom is 0.161 e. The molecule has 188 valence electrons. The van der Waals surface area contributed by atoms with Gasteiger partial charge in [-0.2, -0.15) is 0 Å². The second kappa shape index (κ2) is 11.8. The van der Waals surface area contributed by atoms with Crippen LogP contribution < -0.4 is 14.2 Å². The van der Waals surface area contributed by atoms with E-state index in [1.54, 1.807) is 20.4 Å². The summed E-state index contributed by atoms with van der Waals surface area (Å²) in [5, 5.41) is 0.670. The fraction of sp³-hybridized carbons (Fsp3) is 0.444. The van der Waals surface area contributed by atoms with Crippen LogP contribution in [0.2, 0.25) is 5.02 Å². The zero-order valence-electron chi connectivity index (χ0n) is 20.7. The number of imidazole rings is 1. The van der Waals surface area contributed by atoms with Crippen molar-refractivity contribution >= 4 is 11.6 Å². The van der Waals surface area contributed by atoms with Gasteiger partial charge in [0.15, 0.2) is 11.5 Å². The van der Waals surface area contributed by atoms with Gasteiger partial charge >= 0.3 is 0 Å². The zero-order chi connectivity index (χ0) is 24.7. The molecule has 1 aromatic heterocycles. The van der Waals surface area contributed by atoms with E-state index in [-0.39, 0.29) is 5.60 Å². The summed E-state index contributed by atoms with van der Waals surface area (Å²) in [5.74, 6) is 3.25. The van der Waals surface area contributed by atoms with E-state index in [4.69, 9.17) is 30.5 Å². The van der Waals surface area contributed by atoms with Gasteiger partial charge in [0.25, 0.3) is 0 Å². The molecule has 1 aliphatic heterocycles. The molecule has 1 fully saturated rings. The van der Waals surface area contributed by atoms with Crippen molar-refractivity contribution in [1.29, 1.82) is 0 Å². The Morgan fingerprint density at radius 2 is 1.86 bits per heavy atom. The van der Waals surface area contributed by atoms with E-state index in [1.165, 1.54) is 5.56 Å². The first-order valence-corrected chi connectivity index (χ1v) is 12.3. The maximum absolute atomic E-state index is 6.08. The van der Waals surface area contributed by atoms with Crippen LogP contribution in [0.15, 0.2) is 54.9 Å². The van der Waals surface area contributed by atoms with Crippen molar-refractivity contribution in [2.75, 3.05) is 40.5 Å². The summed E-state index contributed by atoms with van der Waals surface area (Å²) in [7, 11) is 3.45. The Morgan fingerprint density at radius 1 is 1.03 bits per heavy atom. The molecule has 0 bridgehead atoms. The smallest absolute Gasteiger partial charge is 0.161 e. The molecule has 0 amide bonds. The molecule has 35 heavy (non-hydrogen) atoms. The maximum atomic E-state index is 6.08. The molecule has 4 rings (SSSR count). The molecule has 0 aliphatic carbocycles. The van der Waals surface area contributed by atoms with E-state index in [1.807, 2.05) is 43.5 Å². The molecule has 8 heteroatoms. The SMILES string of the molecule is COc1cc(CN2CCC(COc3cccc(Cl)c3)(OC)CC2)ccc1OCCn1ccnc1C. The highest BCUT2D eigenvalue weighted by molar-refractivity contribution is 6.30. The fourth-order valence-corrected chi connectivity index (χ4v) is 4.56. The third-order valence-electron chi connectivity index (χ3n) is 6.65. The minimum absolute atomic E-state index is 0.290. The number of hydrogen-bond donors (Lipinski definition) is 0. The van der Waals surface area contributed by atoms with Crippen LogP contribution in [0.4, 0.5) is 0 Å². The van der Waals surface area contributed by atoms with Crippen LogP contribution in [-0.2, 0) is 17.8 Å². The molecular formula is C27H34ClN3O4. The predicted molar refractivity (Wildman–Crippen MR) is 137 cm³/mol. The molecule has 0 N–H and O–H groups in total. The number of halogens is 1. The first-order valence-electron chi connectivity index (χ1n) is 11.9. The Balaban J connectivity index is 1.28. The van der Waals surface area contributed by atoms with E-state index in [2.05, 4.69) is 26.6 Å². The van der Waals surface area contributed by atoms with Crippen LogP contribution in [-0.4, -0.2) is 60.6 Å². The molecule has 0 atom stereocenters. The Hall–Kier alpha value is -2.74. The average molecular weight is 500 g/mol. The Kier molecular flexibility index (Phi) is 8.55. The van der Waals surface area contributed by atoms with Crippen LogP contribution >= 0.6 is 11.6 Å². The van der Waals surface area contributed by atoms with Gasteiger partial charge in [-0.1, -0.05) is 23.7 Å². The molecule has 0 saturated carbocycles. The Bertz CT molecular complexity index is 1100. The van der Waals surface area contributed by atoms with E-state index in [0.717, 1.165) is 62.1 Å². The summed E-state index contributed by atoms with van der Waals surface area (Å²) in [6, 6.07) is 13.7. The molecule has 2 aromatic carbocycles. The van der Waals surface area contributed by atoms with Crippen LogP contribution in [0.5, 0.6) is 17.2 Å². The first kappa shape index (κ1) is 25.4. The molecule has 0 spiro atoms. The first-order chi connectivity index (χ1) is 17.0. The normalized spacial score (nSPS) is 15.7. The highest BCUT2D eigenvalue weighted by Gasteiger charge is 2.35. The summed E-state index contributed by atoms with van der Waals surface area (Å²) in [6.45, 7) is 6.49.